The van der Waals surface area contributed by atoms with E-state index < -0.39 is 0 Å². The molecule has 1 aliphatic rings. The van der Waals surface area contributed by atoms with E-state index in [4.69, 9.17) is 16.6 Å². The summed E-state index contributed by atoms with van der Waals surface area (Å²) in [5.41, 5.74) is 6.26. The van der Waals surface area contributed by atoms with Gasteiger partial charge in [0.2, 0.25) is 5.28 Å². The van der Waals surface area contributed by atoms with Gasteiger partial charge in [0, 0.05) is 22.7 Å². The van der Waals surface area contributed by atoms with Crippen molar-refractivity contribution in [1.29, 1.82) is 0 Å². The SMILES string of the molecule is Cc1ccc(-c2c(C)sc3nc(Cl)nc(N4CCCc5ccccc54)c23)cc1. The van der Waals surface area contributed by atoms with E-state index in [9.17, 15) is 0 Å². The van der Waals surface area contributed by atoms with Crippen LogP contribution in [-0.2, 0) is 6.42 Å². The maximum Gasteiger partial charge on any atom is 0.225 e. The smallest absolute Gasteiger partial charge is 0.225 e. The lowest BCUT2D eigenvalue weighted by Crippen LogP contribution is -2.25. The number of aryl methyl sites for hydroxylation is 3. The fourth-order valence-electron chi connectivity index (χ4n) is 4.09. The predicted molar refractivity (Wildman–Crippen MR) is 119 cm³/mol. The van der Waals surface area contributed by atoms with Gasteiger partial charge in [-0.25, -0.2) is 4.98 Å². The van der Waals surface area contributed by atoms with E-state index in [-0.39, 0.29) is 0 Å². The molecule has 5 rings (SSSR count). The minimum Gasteiger partial charge on any atom is -0.325 e. The van der Waals surface area contributed by atoms with E-state index in [2.05, 4.69) is 72.3 Å². The third-order valence-electron chi connectivity index (χ3n) is 5.39. The highest BCUT2D eigenvalue weighted by atomic mass is 35.5. The number of nitrogens with zero attached hydrogens (tertiary/aromatic N) is 3. The van der Waals surface area contributed by atoms with Gasteiger partial charge in [-0.2, -0.15) is 4.98 Å². The lowest BCUT2D eigenvalue weighted by Gasteiger charge is -2.31. The van der Waals surface area contributed by atoms with Gasteiger partial charge in [0.25, 0.3) is 0 Å². The zero-order valence-electron chi connectivity index (χ0n) is 15.9. The minimum atomic E-state index is 0.308. The summed E-state index contributed by atoms with van der Waals surface area (Å²) < 4.78 is 0. The number of halogens is 1. The zero-order valence-corrected chi connectivity index (χ0v) is 17.4. The Balaban J connectivity index is 1.79. The number of hydrogen-bond acceptors (Lipinski definition) is 4. The summed E-state index contributed by atoms with van der Waals surface area (Å²) in [6.07, 6.45) is 2.20. The second-order valence-corrected chi connectivity index (χ2v) is 8.82. The zero-order chi connectivity index (χ0) is 19.3. The van der Waals surface area contributed by atoms with Gasteiger partial charge >= 0.3 is 0 Å². The summed E-state index contributed by atoms with van der Waals surface area (Å²) in [6.45, 7) is 5.20. The Morgan fingerprint density at radius 3 is 2.61 bits per heavy atom. The molecule has 2 aromatic carbocycles. The first kappa shape index (κ1) is 17.7. The second-order valence-electron chi connectivity index (χ2n) is 7.28. The number of thiophene rings is 1. The molecule has 3 nitrogen and oxygen atoms in total. The van der Waals surface area contributed by atoms with Crippen LogP contribution in [0, 0.1) is 13.8 Å². The fraction of sp³-hybridized carbons (Fsp3) is 0.217. The van der Waals surface area contributed by atoms with Crippen LogP contribution in [-0.4, -0.2) is 16.5 Å². The molecule has 0 amide bonds. The molecule has 28 heavy (non-hydrogen) atoms. The monoisotopic (exact) mass is 405 g/mol. The maximum absolute atomic E-state index is 6.36. The molecule has 140 valence electrons. The van der Waals surface area contributed by atoms with Crippen LogP contribution in [0.5, 0.6) is 0 Å². The Morgan fingerprint density at radius 2 is 1.79 bits per heavy atom. The van der Waals surface area contributed by atoms with Gasteiger partial charge in [0.1, 0.15) is 10.6 Å². The van der Waals surface area contributed by atoms with Crippen molar-refractivity contribution >= 4 is 44.7 Å². The Bertz CT molecular complexity index is 1180. The molecule has 0 N–H and O–H groups in total. The minimum absolute atomic E-state index is 0.308. The van der Waals surface area contributed by atoms with Crippen LogP contribution in [0.25, 0.3) is 21.3 Å². The number of fused-ring (bicyclic) bond motifs is 2. The molecule has 0 spiro atoms. The largest absolute Gasteiger partial charge is 0.325 e. The van der Waals surface area contributed by atoms with Gasteiger partial charge < -0.3 is 4.90 Å². The van der Waals surface area contributed by atoms with Gasteiger partial charge in [-0.05, 0) is 55.5 Å². The van der Waals surface area contributed by atoms with Crippen molar-refractivity contribution in [3.8, 4) is 11.1 Å². The van der Waals surface area contributed by atoms with Crippen molar-refractivity contribution in [2.75, 3.05) is 11.4 Å². The third kappa shape index (κ3) is 2.88. The molecular weight excluding hydrogens is 386 g/mol. The highest BCUT2D eigenvalue weighted by Gasteiger charge is 2.25. The number of rotatable bonds is 2. The average Bonchev–Trinajstić information content (AvgIpc) is 3.03. The van der Waals surface area contributed by atoms with Crippen molar-refractivity contribution in [3.63, 3.8) is 0 Å². The predicted octanol–water partition coefficient (Wildman–Crippen LogP) is 6.71. The molecule has 3 heterocycles. The molecule has 4 aromatic rings. The first-order valence-corrected chi connectivity index (χ1v) is 10.7. The van der Waals surface area contributed by atoms with E-state index in [1.807, 2.05) is 0 Å². The number of anilines is 2. The lowest BCUT2D eigenvalue weighted by atomic mass is 9.99. The summed E-state index contributed by atoms with van der Waals surface area (Å²) in [4.78, 5) is 13.8. The second kappa shape index (κ2) is 6.87. The van der Waals surface area contributed by atoms with Crippen molar-refractivity contribution in [1.82, 2.24) is 9.97 Å². The highest BCUT2D eigenvalue weighted by Crippen LogP contribution is 2.45. The fourth-order valence-corrected chi connectivity index (χ4v) is 5.34. The molecule has 0 saturated carbocycles. The normalized spacial score (nSPS) is 13.8. The molecule has 5 heteroatoms. The van der Waals surface area contributed by atoms with Gasteiger partial charge in [-0.1, -0.05) is 48.0 Å². The number of benzene rings is 2. The van der Waals surface area contributed by atoms with E-state index in [1.54, 1.807) is 11.3 Å². The molecule has 0 aliphatic carbocycles. The summed E-state index contributed by atoms with van der Waals surface area (Å²) in [5, 5.41) is 1.41. The number of aromatic nitrogens is 2. The van der Waals surface area contributed by atoms with Gasteiger partial charge in [-0.15, -0.1) is 11.3 Å². The van der Waals surface area contributed by atoms with Gasteiger partial charge in [-0.3, -0.25) is 0 Å². The molecule has 0 saturated heterocycles. The summed E-state index contributed by atoms with van der Waals surface area (Å²) in [6, 6.07) is 17.3. The molecule has 2 aromatic heterocycles. The maximum atomic E-state index is 6.36. The Morgan fingerprint density at radius 1 is 1.00 bits per heavy atom. The van der Waals surface area contributed by atoms with Crippen LogP contribution in [0.15, 0.2) is 48.5 Å². The molecular formula is C23H20ClN3S. The first-order chi connectivity index (χ1) is 13.6. The standard InChI is InChI=1S/C23H20ClN3S/c1-14-9-11-17(12-10-14)19-15(2)28-22-20(19)21(25-23(24)26-22)27-13-5-7-16-6-3-4-8-18(16)27/h3-4,6,8-12H,5,7,13H2,1-2H3. The molecule has 0 fully saturated rings. The van der Waals surface area contributed by atoms with E-state index in [0.717, 1.165) is 35.4 Å². The topological polar surface area (TPSA) is 29.0 Å². The van der Waals surface area contributed by atoms with Crippen molar-refractivity contribution in [3.05, 3.63) is 69.8 Å². The Labute approximate surface area is 173 Å². The van der Waals surface area contributed by atoms with Crippen LogP contribution in [0.1, 0.15) is 22.4 Å². The number of para-hydroxylation sites is 1. The Kier molecular flexibility index (Phi) is 4.33. The van der Waals surface area contributed by atoms with Gasteiger partial charge in [0.05, 0.1) is 5.39 Å². The van der Waals surface area contributed by atoms with Crippen LogP contribution in [0.3, 0.4) is 0 Å². The molecule has 0 bridgehead atoms. The van der Waals surface area contributed by atoms with Crippen molar-refractivity contribution in [2.45, 2.75) is 26.7 Å². The molecule has 0 radical (unpaired) electrons. The van der Waals surface area contributed by atoms with Gasteiger partial charge in [0.15, 0.2) is 0 Å². The summed E-state index contributed by atoms with van der Waals surface area (Å²) in [7, 11) is 0. The van der Waals surface area contributed by atoms with E-state index >= 15 is 0 Å². The number of hydrogen-bond donors (Lipinski definition) is 0. The van der Waals surface area contributed by atoms with Crippen molar-refractivity contribution in [2.24, 2.45) is 0 Å². The van der Waals surface area contributed by atoms with Crippen LogP contribution < -0.4 is 4.90 Å². The van der Waals surface area contributed by atoms with E-state index in [1.165, 1.54) is 32.8 Å². The molecule has 1 aliphatic heterocycles. The third-order valence-corrected chi connectivity index (χ3v) is 6.56. The van der Waals surface area contributed by atoms with Crippen LogP contribution in [0.2, 0.25) is 5.28 Å². The van der Waals surface area contributed by atoms with Crippen LogP contribution in [0.4, 0.5) is 11.5 Å². The molecule has 0 unspecified atom stereocenters. The van der Waals surface area contributed by atoms with Crippen molar-refractivity contribution < 1.29 is 0 Å². The highest BCUT2D eigenvalue weighted by molar-refractivity contribution is 7.19. The lowest BCUT2D eigenvalue weighted by molar-refractivity contribution is 0.761. The van der Waals surface area contributed by atoms with E-state index in [0.29, 0.717) is 5.28 Å². The van der Waals surface area contributed by atoms with Crippen LogP contribution >= 0.6 is 22.9 Å². The Hall–Kier alpha value is -2.43. The summed E-state index contributed by atoms with van der Waals surface area (Å²) >= 11 is 8.05. The molecule has 0 atom stereocenters. The quantitative estimate of drug-likeness (QED) is 0.347. The first-order valence-electron chi connectivity index (χ1n) is 9.51. The average molecular weight is 406 g/mol. The summed E-state index contributed by atoms with van der Waals surface area (Å²) in [5.74, 6) is 0.919.